The van der Waals surface area contributed by atoms with Crippen molar-refractivity contribution in [3.8, 4) is 0 Å². The number of hydrogen-bond donors (Lipinski definition) is 0. The van der Waals surface area contributed by atoms with Crippen LogP contribution in [0.15, 0.2) is 30.3 Å². The van der Waals surface area contributed by atoms with Crippen molar-refractivity contribution in [2.75, 3.05) is 13.1 Å². The second kappa shape index (κ2) is 5.23. The molecule has 1 aliphatic rings. The second-order valence-corrected chi connectivity index (χ2v) is 4.60. The zero-order valence-corrected chi connectivity index (χ0v) is 10.1. The van der Waals surface area contributed by atoms with Crippen LogP contribution < -0.4 is 0 Å². The van der Waals surface area contributed by atoms with Crippen molar-refractivity contribution in [3.63, 3.8) is 0 Å². The van der Waals surface area contributed by atoms with E-state index in [1.807, 2.05) is 18.2 Å². The molecule has 1 fully saturated rings. The first kappa shape index (κ1) is 12.0. The van der Waals surface area contributed by atoms with Gasteiger partial charge in [-0.3, -0.25) is 14.5 Å². The highest BCUT2D eigenvalue weighted by molar-refractivity contribution is 6.02. The summed E-state index contributed by atoms with van der Waals surface area (Å²) in [5.74, 6) is -0.318. The largest absolute Gasteiger partial charge is 0.299 e. The molecule has 90 valence electrons. The van der Waals surface area contributed by atoms with Crippen LogP contribution in [0.4, 0.5) is 0 Å². The Kier molecular flexibility index (Phi) is 3.69. The van der Waals surface area contributed by atoms with Gasteiger partial charge in [0.05, 0.1) is 5.92 Å². The van der Waals surface area contributed by atoms with Crippen molar-refractivity contribution in [2.45, 2.75) is 19.9 Å². The number of carbonyl (C=O) groups excluding carboxylic acids is 2. The Balaban J connectivity index is 1.99. The minimum atomic E-state index is -0.410. The van der Waals surface area contributed by atoms with Gasteiger partial charge in [0, 0.05) is 26.1 Å². The Morgan fingerprint density at radius 3 is 2.71 bits per heavy atom. The quantitative estimate of drug-likeness (QED) is 0.743. The average Bonchev–Trinajstić information content (AvgIpc) is 2.32. The summed E-state index contributed by atoms with van der Waals surface area (Å²) in [5, 5.41) is 0. The average molecular weight is 231 g/mol. The second-order valence-electron chi connectivity index (χ2n) is 4.60. The van der Waals surface area contributed by atoms with Crippen LogP contribution in [0.2, 0.25) is 0 Å². The van der Waals surface area contributed by atoms with Gasteiger partial charge in [0.2, 0.25) is 0 Å². The topological polar surface area (TPSA) is 37.4 Å². The number of carbonyl (C=O) groups is 2. The minimum absolute atomic E-state index is 0.00670. The smallest absolute Gasteiger partial charge is 0.145 e. The Labute approximate surface area is 101 Å². The van der Waals surface area contributed by atoms with E-state index in [4.69, 9.17) is 0 Å². The molecule has 0 aromatic heterocycles. The van der Waals surface area contributed by atoms with Crippen LogP contribution in [0, 0.1) is 5.92 Å². The van der Waals surface area contributed by atoms with Crippen molar-refractivity contribution >= 4 is 11.6 Å². The standard InChI is InChI=1S/C14H17NO2/c1-11(16)13-10-15(8-7-14(13)17)9-12-5-3-2-4-6-12/h2-6,13H,7-10H2,1H3/t13-/m1/s1. The zero-order chi connectivity index (χ0) is 12.3. The minimum Gasteiger partial charge on any atom is -0.299 e. The van der Waals surface area contributed by atoms with Crippen LogP contribution in [0.5, 0.6) is 0 Å². The van der Waals surface area contributed by atoms with E-state index in [2.05, 4.69) is 17.0 Å². The van der Waals surface area contributed by atoms with Gasteiger partial charge in [0.1, 0.15) is 11.6 Å². The van der Waals surface area contributed by atoms with Gasteiger partial charge in [-0.1, -0.05) is 30.3 Å². The summed E-state index contributed by atoms with van der Waals surface area (Å²) in [6, 6.07) is 10.1. The van der Waals surface area contributed by atoms with E-state index in [1.54, 1.807) is 0 Å². The molecule has 2 rings (SSSR count). The monoisotopic (exact) mass is 231 g/mol. The van der Waals surface area contributed by atoms with Gasteiger partial charge in [-0.05, 0) is 12.5 Å². The highest BCUT2D eigenvalue weighted by Gasteiger charge is 2.30. The Bertz CT molecular complexity index is 413. The number of nitrogens with zero attached hydrogens (tertiary/aromatic N) is 1. The normalized spacial score (nSPS) is 21.5. The third-order valence-corrected chi connectivity index (χ3v) is 3.24. The Hall–Kier alpha value is -1.48. The number of ketones is 2. The number of piperidine rings is 1. The molecule has 0 amide bonds. The molecular formula is C14H17NO2. The molecule has 0 spiro atoms. The van der Waals surface area contributed by atoms with Gasteiger partial charge in [-0.15, -0.1) is 0 Å². The maximum atomic E-state index is 11.6. The van der Waals surface area contributed by atoms with E-state index in [0.717, 1.165) is 13.1 Å². The van der Waals surface area contributed by atoms with Crippen LogP contribution in [-0.4, -0.2) is 29.6 Å². The fraction of sp³-hybridized carbons (Fsp3) is 0.429. The molecular weight excluding hydrogens is 214 g/mol. The maximum absolute atomic E-state index is 11.6. The van der Waals surface area contributed by atoms with Crippen molar-refractivity contribution in [3.05, 3.63) is 35.9 Å². The summed E-state index contributed by atoms with van der Waals surface area (Å²) in [6.07, 6.45) is 0.497. The molecule has 0 N–H and O–H groups in total. The molecule has 3 nitrogen and oxygen atoms in total. The van der Waals surface area contributed by atoms with E-state index in [1.165, 1.54) is 12.5 Å². The lowest BCUT2D eigenvalue weighted by atomic mass is 9.93. The van der Waals surface area contributed by atoms with Gasteiger partial charge in [0.25, 0.3) is 0 Å². The molecule has 0 bridgehead atoms. The van der Waals surface area contributed by atoms with E-state index in [0.29, 0.717) is 13.0 Å². The highest BCUT2D eigenvalue weighted by Crippen LogP contribution is 2.16. The number of likely N-dealkylation sites (tertiary alicyclic amines) is 1. The van der Waals surface area contributed by atoms with Crippen LogP contribution in [0.25, 0.3) is 0 Å². The van der Waals surface area contributed by atoms with Crippen LogP contribution >= 0.6 is 0 Å². The molecule has 0 saturated carbocycles. The first-order chi connectivity index (χ1) is 8.16. The van der Waals surface area contributed by atoms with Gasteiger partial charge in [-0.25, -0.2) is 0 Å². The molecule has 1 saturated heterocycles. The lowest BCUT2D eigenvalue weighted by molar-refractivity contribution is -0.135. The van der Waals surface area contributed by atoms with Crippen molar-refractivity contribution < 1.29 is 9.59 Å². The van der Waals surface area contributed by atoms with Crippen molar-refractivity contribution in [1.82, 2.24) is 4.90 Å². The van der Waals surface area contributed by atoms with Gasteiger partial charge in [-0.2, -0.15) is 0 Å². The zero-order valence-electron chi connectivity index (χ0n) is 10.1. The van der Waals surface area contributed by atoms with Crippen molar-refractivity contribution in [1.29, 1.82) is 0 Å². The molecule has 0 aliphatic carbocycles. The van der Waals surface area contributed by atoms with E-state index in [-0.39, 0.29) is 11.6 Å². The molecule has 0 radical (unpaired) electrons. The van der Waals surface area contributed by atoms with E-state index in [9.17, 15) is 9.59 Å². The SMILES string of the molecule is CC(=O)[C@H]1CN(Cc2ccccc2)CCC1=O. The lowest BCUT2D eigenvalue weighted by Gasteiger charge is -2.30. The Morgan fingerprint density at radius 2 is 2.06 bits per heavy atom. The van der Waals surface area contributed by atoms with Gasteiger partial charge in [0.15, 0.2) is 0 Å². The summed E-state index contributed by atoms with van der Waals surface area (Å²) in [6.45, 7) is 3.66. The summed E-state index contributed by atoms with van der Waals surface area (Å²) in [7, 11) is 0. The predicted octanol–water partition coefficient (Wildman–Crippen LogP) is 1.67. The predicted molar refractivity (Wildman–Crippen MR) is 65.5 cm³/mol. The molecule has 1 aromatic carbocycles. The number of benzene rings is 1. The molecule has 1 atom stereocenters. The molecule has 1 aromatic rings. The van der Waals surface area contributed by atoms with Gasteiger partial charge < -0.3 is 0 Å². The fourth-order valence-electron chi connectivity index (χ4n) is 2.23. The molecule has 1 aliphatic heterocycles. The van der Waals surface area contributed by atoms with E-state index >= 15 is 0 Å². The van der Waals surface area contributed by atoms with Crippen LogP contribution in [-0.2, 0) is 16.1 Å². The maximum Gasteiger partial charge on any atom is 0.145 e. The highest BCUT2D eigenvalue weighted by atomic mass is 16.1. The van der Waals surface area contributed by atoms with Gasteiger partial charge >= 0.3 is 0 Å². The molecule has 1 heterocycles. The van der Waals surface area contributed by atoms with Crippen LogP contribution in [0.3, 0.4) is 0 Å². The third-order valence-electron chi connectivity index (χ3n) is 3.24. The first-order valence-electron chi connectivity index (χ1n) is 5.96. The number of Topliss-reactive ketones (excluding diaryl/α,β-unsaturated/α-hetero) is 2. The molecule has 0 unspecified atom stereocenters. The Morgan fingerprint density at radius 1 is 1.35 bits per heavy atom. The lowest BCUT2D eigenvalue weighted by Crippen LogP contribution is -2.43. The van der Waals surface area contributed by atoms with Crippen LogP contribution in [0.1, 0.15) is 18.9 Å². The van der Waals surface area contributed by atoms with Crippen molar-refractivity contribution in [2.24, 2.45) is 5.92 Å². The molecule has 17 heavy (non-hydrogen) atoms. The summed E-state index contributed by atoms with van der Waals surface area (Å²) in [5.41, 5.74) is 1.23. The fourth-order valence-corrected chi connectivity index (χ4v) is 2.23. The number of rotatable bonds is 3. The summed E-state index contributed by atoms with van der Waals surface area (Å²) in [4.78, 5) is 25.1. The third kappa shape index (κ3) is 3.01. The summed E-state index contributed by atoms with van der Waals surface area (Å²) < 4.78 is 0. The molecule has 3 heteroatoms. The summed E-state index contributed by atoms with van der Waals surface area (Å²) >= 11 is 0. The van der Waals surface area contributed by atoms with E-state index < -0.39 is 5.92 Å². The first-order valence-corrected chi connectivity index (χ1v) is 5.96. The number of hydrogen-bond acceptors (Lipinski definition) is 3.